The Kier molecular flexibility index (Phi) is 3.64. The molecule has 10 nitrogen and oxygen atoms in total. The number of fused-ring (bicyclic) bond motifs is 4. The lowest BCUT2D eigenvalue weighted by molar-refractivity contribution is 0.0893. The van der Waals surface area contributed by atoms with Gasteiger partial charge in [0.05, 0.1) is 5.69 Å². The summed E-state index contributed by atoms with van der Waals surface area (Å²) in [6, 6.07) is 18.6. The minimum Gasteiger partial charge on any atom is -0.268 e. The molecule has 0 atom stereocenters. The second kappa shape index (κ2) is 6.65. The number of hydrogen-bond donors (Lipinski definition) is 0. The van der Waals surface area contributed by atoms with Gasteiger partial charge in [0, 0.05) is 32.7 Å². The van der Waals surface area contributed by atoms with Gasteiger partial charge < -0.3 is 0 Å². The third-order valence-corrected chi connectivity index (χ3v) is 6.42. The summed E-state index contributed by atoms with van der Waals surface area (Å²) >= 11 is 0. The zero-order valence-corrected chi connectivity index (χ0v) is 18.1. The van der Waals surface area contributed by atoms with Crippen LogP contribution in [0.15, 0.2) is 59.4 Å². The number of carbonyl (C=O) groups excluding carboxylic acids is 2. The fraction of sp³-hybridized carbons (Fsp3) is 0. The quantitative estimate of drug-likeness (QED) is 0.336. The van der Waals surface area contributed by atoms with Gasteiger partial charge in [-0.25, -0.2) is 24.3 Å². The van der Waals surface area contributed by atoms with E-state index in [9.17, 15) is 24.9 Å². The van der Waals surface area contributed by atoms with Crippen LogP contribution < -0.4 is 10.5 Å². The summed E-state index contributed by atoms with van der Waals surface area (Å²) < 4.78 is 1.24. The maximum absolute atomic E-state index is 13.6. The van der Waals surface area contributed by atoms with E-state index in [0.29, 0.717) is 33.0 Å². The van der Waals surface area contributed by atoms with Crippen LogP contribution >= 0.6 is 0 Å². The van der Waals surface area contributed by atoms with E-state index in [0.717, 1.165) is 4.90 Å². The Morgan fingerprint density at radius 2 is 1.31 bits per heavy atom. The largest absolute Gasteiger partial charge is 0.268 e. The van der Waals surface area contributed by atoms with Crippen LogP contribution in [0.5, 0.6) is 0 Å². The van der Waals surface area contributed by atoms with Gasteiger partial charge in [-0.1, -0.05) is 18.2 Å². The normalized spacial score (nSPS) is 13.1. The van der Waals surface area contributed by atoms with Gasteiger partial charge in [0.2, 0.25) is 0 Å². The van der Waals surface area contributed by atoms with Crippen molar-refractivity contribution in [3.63, 3.8) is 0 Å². The van der Waals surface area contributed by atoms with Crippen molar-refractivity contribution < 1.29 is 9.59 Å². The Bertz CT molecular complexity index is 2110. The fourth-order valence-corrected chi connectivity index (χ4v) is 4.90. The van der Waals surface area contributed by atoms with Gasteiger partial charge in [-0.3, -0.25) is 14.4 Å². The molecule has 0 saturated carbocycles. The second-order valence-corrected chi connectivity index (χ2v) is 8.22. The van der Waals surface area contributed by atoms with Crippen LogP contribution in [0.2, 0.25) is 0 Å². The van der Waals surface area contributed by atoms with Gasteiger partial charge >= 0.3 is 0 Å². The number of carbonyl (C=O) groups is 2. The van der Waals surface area contributed by atoms with E-state index in [1.54, 1.807) is 48.5 Å². The molecule has 0 fully saturated rings. The first kappa shape index (κ1) is 19.7. The molecule has 36 heavy (non-hydrogen) atoms. The number of para-hydroxylation sites is 1. The molecule has 0 aliphatic carbocycles. The van der Waals surface area contributed by atoms with Crippen molar-refractivity contribution in [3.8, 4) is 12.1 Å². The molecule has 3 aromatic heterocycles. The van der Waals surface area contributed by atoms with Gasteiger partial charge in [0.1, 0.15) is 12.1 Å². The van der Waals surface area contributed by atoms with E-state index in [-0.39, 0.29) is 33.7 Å². The van der Waals surface area contributed by atoms with Crippen LogP contribution in [0.3, 0.4) is 0 Å². The number of amides is 2. The van der Waals surface area contributed by atoms with E-state index in [1.807, 2.05) is 12.1 Å². The van der Waals surface area contributed by atoms with E-state index in [4.69, 9.17) is 0 Å². The van der Waals surface area contributed by atoms with Crippen molar-refractivity contribution in [2.75, 3.05) is 4.90 Å². The first-order valence-corrected chi connectivity index (χ1v) is 10.7. The molecule has 2 amide bonds. The molecule has 10 heteroatoms. The predicted octanol–water partition coefficient (Wildman–Crippen LogP) is 2.93. The number of nitrogens with zero attached hydrogens (tertiary/aromatic N) is 7. The van der Waals surface area contributed by atoms with E-state index < -0.39 is 17.4 Å². The molecule has 166 valence electrons. The lowest BCUT2D eigenvalue weighted by Crippen LogP contribution is -2.40. The molecule has 0 unspecified atom stereocenters. The summed E-state index contributed by atoms with van der Waals surface area (Å²) in [6.45, 7) is 0. The summed E-state index contributed by atoms with van der Waals surface area (Å²) in [5.74, 6) is -0.982. The predicted molar refractivity (Wildman–Crippen MR) is 128 cm³/mol. The summed E-state index contributed by atoms with van der Waals surface area (Å²) in [6.07, 6.45) is 0. The topological polar surface area (TPSA) is 145 Å². The maximum atomic E-state index is 13.6. The molecule has 7 rings (SSSR count). The number of imidazole rings is 1. The highest BCUT2D eigenvalue weighted by atomic mass is 16.2. The van der Waals surface area contributed by atoms with Crippen molar-refractivity contribution in [1.29, 1.82) is 10.5 Å². The second-order valence-electron chi connectivity index (χ2n) is 8.22. The molecule has 0 spiro atoms. The molecule has 4 heterocycles. The average Bonchev–Trinajstić information content (AvgIpc) is 3.29. The highest BCUT2D eigenvalue weighted by molar-refractivity contribution is 6.38. The van der Waals surface area contributed by atoms with Gasteiger partial charge in [0.15, 0.2) is 28.3 Å². The molecule has 0 radical (unpaired) electrons. The van der Waals surface area contributed by atoms with Crippen LogP contribution in [0.4, 0.5) is 5.69 Å². The number of imide groups is 1. The minimum absolute atomic E-state index is 0.0358. The number of aromatic nitrogens is 4. The molecule has 3 aromatic carbocycles. The third-order valence-electron chi connectivity index (χ3n) is 6.42. The standard InChI is InChI=1S/C26H9N7O3/c27-10-17-18(11-28)30-23-21(29-17)31-22-13-6-7-15-20-16(9-8-14(19(13)20)26(36)33(22)23)25(35)32(24(15)34)12-4-2-1-3-5-12/h1-9H. The van der Waals surface area contributed by atoms with Gasteiger partial charge in [-0.05, 0) is 36.4 Å². The highest BCUT2D eigenvalue weighted by Crippen LogP contribution is 2.38. The third kappa shape index (κ3) is 2.27. The zero-order chi connectivity index (χ0) is 24.7. The molecule has 1 aliphatic rings. The maximum Gasteiger partial charge on any atom is 0.266 e. The van der Waals surface area contributed by atoms with Crippen molar-refractivity contribution in [3.05, 3.63) is 87.5 Å². The fourth-order valence-electron chi connectivity index (χ4n) is 4.90. The summed E-state index contributed by atoms with van der Waals surface area (Å²) in [5.41, 5.74) is 0.423. The monoisotopic (exact) mass is 467 g/mol. The van der Waals surface area contributed by atoms with Crippen LogP contribution in [0.1, 0.15) is 32.1 Å². The Morgan fingerprint density at radius 1 is 0.667 bits per heavy atom. The van der Waals surface area contributed by atoms with E-state index in [2.05, 4.69) is 15.0 Å². The lowest BCUT2D eigenvalue weighted by Gasteiger charge is -2.27. The molecule has 1 aliphatic heterocycles. The van der Waals surface area contributed by atoms with Gasteiger partial charge in [-0.2, -0.15) is 10.5 Å². The van der Waals surface area contributed by atoms with Crippen molar-refractivity contribution in [2.45, 2.75) is 0 Å². The number of hydrogen-bond acceptors (Lipinski definition) is 8. The number of rotatable bonds is 1. The van der Waals surface area contributed by atoms with E-state index >= 15 is 0 Å². The van der Waals surface area contributed by atoms with Crippen molar-refractivity contribution in [1.82, 2.24) is 19.4 Å². The Balaban J connectivity index is 1.62. The van der Waals surface area contributed by atoms with Crippen molar-refractivity contribution in [2.24, 2.45) is 0 Å². The number of nitriles is 2. The molecular weight excluding hydrogens is 458 g/mol. The number of anilines is 1. The SMILES string of the molecule is N#Cc1nc2nc3c4ccc5c6c(ccc(c(=O)n3c2nc1C#N)c64)C(=O)N(c1ccccc1)C5=O. The highest BCUT2D eigenvalue weighted by Gasteiger charge is 2.35. The molecular formula is C26H9N7O3. The summed E-state index contributed by atoms with van der Waals surface area (Å²) in [4.78, 5) is 54.4. The lowest BCUT2D eigenvalue weighted by atomic mass is 9.90. The molecule has 6 aromatic rings. The van der Waals surface area contributed by atoms with Crippen LogP contribution in [0.25, 0.3) is 38.5 Å². The van der Waals surface area contributed by atoms with Crippen LogP contribution in [-0.2, 0) is 0 Å². The minimum atomic E-state index is -0.491. The first-order valence-electron chi connectivity index (χ1n) is 10.7. The van der Waals surface area contributed by atoms with E-state index in [1.165, 1.54) is 10.5 Å². The number of pyridine rings is 1. The Hall–Kier alpha value is -5.74. The van der Waals surface area contributed by atoms with Gasteiger partial charge in [0.25, 0.3) is 17.4 Å². The van der Waals surface area contributed by atoms with Crippen molar-refractivity contribution >= 4 is 56.0 Å². The number of benzene rings is 3. The molecule has 0 N–H and O–H groups in total. The van der Waals surface area contributed by atoms with Crippen LogP contribution in [0, 0.1) is 22.7 Å². The summed E-state index contributed by atoms with van der Waals surface area (Å²) in [5, 5.41) is 20.3. The average molecular weight is 467 g/mol. The van der Waals surface area contributed by atoms with Crippen LogP contribution in [-0.4, -0.2) is 31.2 Å². The first-order chi connectivity index (χ1) is 17.5. The summed E-state index contributed by atoms with van der Waals surface area (Å²) in [7, 11) is 0. The Morgan fingerprint density at radius 3 is 1.97 bits per heavy atom. The van der Waals surface area contributed by atoms with Gasteiger partial charge in [-0.15, -0.1) is 0 Å². The smallest absolute Gasteiger partial charge is 0.266 e. The Labute approximate surface area is 200 Å². The molecule has 0 bridgehead atoms. The molecule has 0 saturated heterocycles. The zero-order valence-electron chi connectivity index (χ0n) is 18.1.